The average molecular weight is 684 g/mol. The van der Waals surface area contributed by atoms with Gasteiger partial charge in [-0.15, -0.1) is 11.3 Å². The highest BCUT2D eigenvalue weighted by Crippen LogP contribution is 2.40. The van der Waals surface area contributed by atoms with Crippen LogP contribution in [0.2, 0.25) is 5.02 Å². The number of carbonyl (C=O) groups excluding carboxylic acids is 4. The minimum absolute atomic E-state index is 0.222. The van der Waals surface area contributed by atoms with Crippen LogP contribution in [-0.4, -0.2) is 33.7 Å². The van der Waals surface area contributed by atoms with Crippen molar-refractivity contribution in [1.29, 1.82) is 0 Å². The van der Waals surface area contributed by atoms with Crippen molar-refractivity contribution in [2.45, 2.75) is 23.1 Å². The summed E-state index contributed by atoms with van der Waals surface area (Å²) in [6.45, 7) is 3.72. The molecule has 0 unspecified atom stereocenters. The van der Waals surface area contributed by atoms with Gasteiger partial charge in [0.2, 0.25) is 0 Å². The number of aromatic nitrogens is 1. The van der Waals surface area contributed by atoms with Crippen LogP contribution in [0, 0.1) is 24.0 Å². The van der Waals surface area contributed by atoms with E-state index in [-0.39, 0.29) is 22.7 Å². The molecular formula is C33H22ClN5O6S2. The van der Waals surface area contributed by atoms with E-state index in [0.717, 1.165) is 32.5 Å². The molecule has 0 aliphatic carbocycles. The number of nitrogens with one attached hydrogen (secondary N) is 2. The number of anilines is 2. The third-order valence-corrected chi connectivity index (χ3v) is 9.67. The lowest BCUT2D eigenvalue weighted by atomic mass is 10.0. The number of thiazole rings is 1. The van der Waals surface area contributed by atoms with Crippen LogP contribution < -0.4 is 15.5 Å². The van der Waals surface area contributed by atoms with Gasteiger partial charge in [-0.05, 0) is 97.3 Å². The Morgan fingerprint density at radius 1 is 1.00 bits per heavy atom. The molecule has 2 heterocycles. The normalized spacial score (nSPS) is 14.1. The van der Waals surface area contributed by atoms with E-state index in [4.69, 9.17) is 11.6 Å². The molecule has 0 bridgehead atoms. The fraction of sp³-hybridized carbons (Fsp3) is 0.0606. The third kappa shape index (κ3) is 6.63. The molecule has 4 aromatic carbocycles. The number of nitro groups is 1. The minimum atomic E-state index is -0.903. The predicted octanol–water partition coefficient (Wildman–Crippen LogP) is 7.54. The van der Waals surface area contributed by atoms with Crippen LogP contribution >= 0.6 is 34.7 Å². The standard InChI is InChI=1S/C33H22ClN5O6S2/c1-17-3-10-23(13-18(17)2)38-31(42)24(30(41)37-32(38)43)14-19-4-12-27(26(15-19)39(44)45)46-33-36-25-11-9-22(16-28(25)47-33)35-29(40)20-5-7-21(34)8-6-20/h3-16H,1-2H3,(H,35,40)(H,37,41,43)/b24-14+. The van der Waals surface area contributed by atoms with Crippen LogP contribution in [0.4, 0.5) is 21.9 Å². The zero-order valence-corrected chi connectivity index (χ0v) is 27.0. The average Bonchev–Trinajstić information content (AvgIpc) is 3.43. The molecule has 14 heteroatoms. The lowest BCUT2D eigenvalue weighted by molar-refractivity contribution is -0.387. The van der Waals surface area contributed by atoms with Crippen molar-refractivity contribution in [3.63, 3.8) is 0 Å². The van der Waals surface area contributed by atoms with E-state index in [9.17, 15) is 29.3 Å². The van der Waals surface area contributed by atoms with Gasteiger partial charge in [-0.2, -0.15) is 0 Å². The molecule has 1 aromatic heterocycles. The van der Waals surface area contributed by atoms with Crippen LogP contribution in [-0.2, 0) is 9.59 Å². The summed E-state index contributed by atoms with van der Waals surface area (Å²) in [5.74, 6) is -2.05. The summed E-state index contributed by atoms with van der Waals surface area (Å²) >= 11 is 8.29. The van der Waals surface area contributed by atoms with Crippen molar-refractivity contribution < 1.29 is 24.1 Å². The van der Waals surface area contributed by atoms with Crippen molar-refractivity contribution in [2.75, 3.05) is 10.2 Å². The molecule has 47 heavy (non-hydrogen) atoms. The minimum Gasteiger partial charge on any atom is -0.322 e. The molecule has 1 aliphatic rings. The number of imide groups is 2. The van der Waals surface area contributed by atoms with Gasteiger partial charge in [-0.3, -0.25) is 29.8 Å². The number of fused-ring (bicyclic) bond motifs is 1. The van der Waals surface area contributed by atoms with Gasteiger partial charge in [0, 0.05) is 22.3 Å². The van der Waals surface area contributed by atoms with E-state index < -0.39 is 22.8 Å². The number of nitrogens with zero attached hydrogens (tertiary/aromatic N) is 3. The Labute approximate surface area is 280 Å². The molecule has 0 radical (unpaired) electrons. The Hall–Kier alpha value is -5.37. The molecule has 234 valence electrons. The van der Waals surface area contributed by atoms with E-state index in [1.807, 2.05) is 13.8 Å². The molecule has 11 nitrogen and oxygen atoms in total. The summed E-state index contributed by atoms with van der Waals surface area (Å²) in [4.78, 5) is 68.5. The van der Waals surface area contributed by atoms with Crippen molar-refractivity contribution in [1.82, 2.24) is 10.3 Å². The maximum atomic E-state index is 13.3. The number of nitro benzene ring substituents is 1. The zero-order chi connectivity index (χ0) is 33.4. The highest BCUT2D eigenvalue weighted by atomic mass is 35.5. The van der Waals surface area contributed by atoms with Crippen molar-refractivity contribution >= 4 is 91.8 Å². The molecule has 0 spiro atoms. The Morgan fingerprint density at radius 2 is 1.77 bits per heavy atom. The SMILES string of the molecule is Cc1ccc(N2C(=O)NC(=O)/C(=C\c3ccc(Sc4nc5ccc(NC(=O)c6ccc(Cl)cc6)cc5s4)c([N+](=O)[O-])c3)C2=O)cc1C. The summed E-state index contributed by atoms with van der Waals surface area (Å²) in [5, 5.41) is 17.6. The zero-order valence-electron chi connectivity index (χ0n) is 24.6. The maximum Gasteiger partial charge on any atom is 0.335 e. The fourth-order valence-corrected chi connectivity index (χ4v) is 6.97. The van der Waals surface area contributed by atoms with E-state index in [1.165, 1.54) is 35.6 Å². The lowest BCUT2D eigenvalue weighted by Crippen LogP contribution is -2.54. The molecule has 1 aliphatic heterocycles. The van der Waals surface area contributed by atoms with Crippen molar-refractivity contribution in [2.24, 2.45) is 0 Å². The number of barbiturate groups is 1. The quantitative estimate of drug-likeness (QED) is 0.0772. The van der Waals surface area contributed by atoms with E-state index in [2.05, 4.69) is 15.6 Å². The lowest BCUT2D eigenvalue weighted by Gasteiger charge is -2.26. The van der Waals surface area contributed by atoms with Gasteiger partial charge < -0.3 is 5.32 Å². The summed E-state index contributed by atoms with van der Waals surface area (Å²) in [5.41, 5.74) is 3.37. The highest BCUT2D eigenvalue weighted by Gasteiger charge is 2.37. The number of benzene rings is 4. The van der Waals surface area contributed by atoms with Crippen LogP contribution in [0.5, 0.6) is 0 Å². The molecule has 5 aromatic rings. The molecule has 2 N–H and O–H groups in total. The van der Waals surface area contributed by atoms with Gasteiger partial charge >= 0.3 is 6.03 Å². The molecule has 0 atom stereocenters. The largest absolute Gasteiger partial charge is 0.335 e. The van der Waals surface area contributed by atoms with Crippen LogP contribution in [0.3, 0.4) is 0 Å². The van der Waals surface area contributed by atoms with E-state index >= 15 is 0 Å². The van der Waals surface area contributed by atoms with Gasteiger partial charge in [0.25, 0.3) is 23.4 Å². The Bertz CT molecular complexity index is 2180. The number of aryl methyl sites for hydroxylation is 2. The summed E-state index contributed by atoms with van der Waals surface area (Å²) in [6, 6.07) is 20.2. The van der Waals surface area contributed by atoms with Crippen molar-refractivity contribution in [3.05, 3.63) is 122 Å². The molecule has 5 amide bonds. The molecule has 0 saturated carbocycles. The summed E-state index contributed by atoms with van der Waals surface area (Å²) in [7, 11) is 0. The number of amides is 5. The molecular weight excluding hydrogens is 662 g/mol. The Balaban J connectivity index is 1.24. The maximum absolute atomic E-state index is 13.3. The third-order valence-electron chi connectivity index (χ3n) is 7.27. The molecule has 1 saturated heterocycles. The second kappa shape index (κ2) is 12.8. The second-order valence-electron chi connectivity index (χ2n) is 10.4. The van der Waals surface area contributed by atoms with Crippen LogP contribution in [0.25, 0.3) is 16.3 Å². The van der Waals surface area contributed by atoms with Gasteiger partial charge in [-0.25, -0.2) is 14.7 Å². The van der Waals surface area contributed by atoms with Crippen LogP contribution in [0.1, 0.15) is 27.0 Å². The number of urea groups is 1. The molecule has 6 rings (SSSR count). The first-order valence-corrected chi connectivity index (χ1v) is 15.9. The van der Waals surface area contributed by atoms with E-state index in [0.29, 0.717) is 36.7 Å². The summed E-state index contributed by atoms with van der Waals surface area (Å²) in [6.07, 6.45) is 1.22. The smallest absolute Gasteiger partial charge is 0.322 e. The van der Waals surface area contributed by atoms with Gasteiger partial charge in [0.1, 0.15) is 5.57 Å². The fourth-order valence-electron chi connectivity index (χ4n) is 4.70. The molecule has 1 fully saturated rings. The summed E-state index contributed by atoms with van der Waals surface area (Å²) < 4.78 is 1.29. The van der Waals surface area contributed by atoms with Gasteiger partial charge in [-0.1, -0.05) is 35.5 Å². The first kappa shape index (κ1) is 31.6. The van der Waals surface area contributed by atoms with Crippen molar-refractivity contribution in [3.8, 4) is 0 Å². The topological polar surface area (TPSA) is 152 Å². The Kier molecular flexibility index (Phi) is 8.60. The van der Waals surface area contributed by atoms with Gasteiger partial charge in [0.15, 0.2) is 4.34 Å². The predicted molar refractivity (Wildman–Crippen MR) is 181 cm³/mol. The number of halogens is 1. The Morgan fingerprint density at radius 3 is 2.49 bits per heavy atom. The number of rotatable bonds is 7. The number of hydrogen-bond donors (Lipinski definition) is 2. The highest BCUT2D eigenvalue weighted by molar-refractivity contribution is 8.01. The number of hydrogen-bond acceptors (Lipinski definition) is 9. The van der Waals surface area contributed by atoms with Gasteiger partial charge in [0.05, 0.1) is 25.7 Å². The second-order valence-corrected chi connectivity index (χ2v) is 13.2. The first-order valence-electron chi connectivity index (χ1n) is 13.9. The number of carbonyl (C=O) groups is 4. The van der Waals surface area contributed by atoms with Crippen LogP contribution in [0.15, 0.2) is 93.7 Å². The monoisotopic (exact) mass is 683 g/mol. The van der Waals surface area contributed by atoms with E-state index in [1.54, 1.807) is 60.7 Å². The first-order chi connectivity index (χ1) is 22.5.